The summed E-state index contributed by atoms with van der Waals surface area (Å²) in [6.07, 6.45) is -3.41. The molecule has 2 atom stereocenters. The van der Waals surface area contributed by atoms with Crippen molar-refractivity contribution in [3.63, 3.8) is 0 Å². The van der Waals surface area contributed by atoms with E-state index in [2.05, 4.69) is 0 Å². The van der Waals surface area contributed by atoms with Gasteiger partial charge in [-0.1, -0.05) is 18.2 Å². The topological polar surface area (TPSA) is 29.5 Å². The van der Waals surface area contributed by atoms with Crippen molar-refractivity contribution in [2.45, 2.75) is 32.0 Å². The number of aliphatic hydroxyl groups is 1. The van der Waals surface area contributed by atoms with E-state index in [1.165, 1.54) is 6.07 Å². The van der Waals surface area contributed by atoms with Crippen molar-refractivity contribution in [1.29, 1.82) is 0 Å². The van der Waals surface area contributed by atoms with E-state index in [-0.39, 0.29) is 12.7 Å². The highest BCUT2D eigenvalue weighted by Crippen LogP contribution is 2.38. The third-order valence-corrected chi connectivity index (χ3v) is 3.96. The number of alkyl halides is 3. The van der Waals surface area contributed by atoms with Gasteiger partial charge in [-0.2, -0.15) is 13.2 Å². The second-order valence-electron chi connectivity index (χ2n) is 5.16. The average Bonchev–Trinajstić information content (AvgIpc) is 2.71. The van der Waals surface area contributed by atoms with Gasteiger partial charge < -0.3 is 9.84 Å². The number of rotatable bonds is 3. The number of ether oxygens (including phenoxy) is 1. The average molecular weight is 274 g/mol. The molecule has 1 aliphatic heterocycles. The lowest BCUT2D eigenvalue weighted by molar-refractivity contribution is -0.137. The number of aliphatic hydroxyl groups excluding tert-OH is 1. The molecule has 1 saturated heterocycles. The van der Waals surface area contributed by atoms with E-state index in [1.807, 2.05) is 6.92 Å². The van der Waals surface area contributed by atoms with Gasteiger partial charge in [-0.25, -0.2) is 0 Å². The molecule has 0 amide bonds. The molecule has 2 nitrogen and oxygen atoms in total. The Hall–Kier alpha value is -1.07. The molecule has 1 aromatic carbocycles. The van der Waals surface area contributed by atoms with Gasteiger partial charge in [0.15, 0.2) is 0 Å². The first-order valence-electron chi connectivity index (χ1n) is 6.26. The maximum Gasteiger partial charge on any atom is 0.416 e. The zero-order chi connectivity index (χ0) is 14.1. The summed E-state index contributed by atoms with van der Waals surface area (Å²) in [4.78, 5) is 0. The third-order valence-electron chi connectivity index (χ3n) is 3.96. The highest BCUT2D eigenvalue weighted by atomic mass is 19.4. The highest BCUT2D eigenvalue weighted by Gasteiger charge is 2.41. The molecule has 1 heterocycles. The Labute approximate surface area is 110 Å². The lowest BCUT2D eigenvalue weighted by atomic mass is 9.77. The number of hydrogen-bond acceptors (Lipinski definition) is 2. The monoisotopic (exact) mass is 274 g/mol. The van der Waals surface area contributed by atoms with Crippen LogP contribution in [0.15, 0.2) is 24.3 Å². The molecule has 106 valence electrons. The van der Waals surface area contributed by atoms with Crippen LogP contribution in [0, 0.1) is 5.41 Å². The summed E-state index contributed by atoms with van der Waals surface area (Å²) in [7, 11) is 0. The fourth-order valence-electron chi connectivity index (χ4n) is 2.58. The van der Waals surface area contributed by atoms with Gasteiger partial charge in [0.2, 0.25) is 0 Å². The Morgan fingerprint density at radius 2 is 2.16 bits per heavy atom. The number of benzene rings is 1. The Balaban J connectivity index is 2.23. The van der Waals surface area contributed by atoms with Crippen LogP contribution in [0.1, 0.15) is 24.5 Å². The van der Waals surface area contributed by atoms with E-state index >= 15 is 0 Å². The lowest BCUT2D eigenvalue weighted by Gasteiger charge is -2.30. The predicted molar refractivity (Wildman–Crippen MR) is 64.7 cm³/mol. The van der Waals surface area contributed by atoms with Crippen molar-refractivity contribution in [1.82, 2.24) is 0 Å². The number of halogens is 3. The van der Waals surface area contributed by atoms with E-state index in [0.29, 0.717) is 25.0 Å². The van der Waals surface area contributed by atoms with Crippen LogP contribution in [0.25, 0.3) is 0 Å². The van der Waals surface area contributed by atoms with Gasteiger partial charge in [-0.3, -0.25) is 0 Å². The molecule has 1 aromatic rings. The van der Waals surface area contributed by atoms with Crippen molar-refractivity contribution in [2.75, 3.05) is 13.2 Å². The van der Waals surface area contributed by atoms with Crippen molar-refractivity contribution in [3.05, 3.63) is 35.4 Å². The van der Waals surface area contributed by atoms with Gasteiger partial charge in [0.25, 0.3) is 0 Å². The maximum absolute atomic E-state index is 12.7. The molecule has 0 aliphatic carbocycles. The standard InChI is InChI=1S/C14H17F3O2/c1-10-13(9-18,5-6-19-10)8-11-3-2-4-12(7-11)14(15,16)17/h2-4,7,10,18H,5-6,8-9H2,1H3. The fraction of sp³-hybridized carbons (Fsp3) is 0.571. The molecule has 0 spiro atoms. The molecule has 0 bridgehead atoms. The van der Waals surface area contributed by atoms with Crippen LogP contribution in [0.2, 0.25) is 0 Å². The molecule has 2 unspecified atom stereocenters. The van der Waals surface area contributed by atoms with Crippen LogP contribution in [0.3, 0.4) is 0 Å². The van der Waals surface area contributed by atoms with Gasteiger partial charge in [-0.15, -0.1) is 0 Å². The SMILES string of the molecule is CC1OCCC1(CO)Cc1cccc(C(F)(F)F)c1. The van der Waals surface area contributed by atoms with Gasteiger partial charge in [0.05, 0.1) is 18.3 Å². The van der Waals surface area contributed by atoms with Gasteiger partial charge in [0, 0.05) is 12.0 Å². The minimum Gasteiger partial charge on any atom is -0.396 e. The third kappa shape index (κ3) is 2.92. The van der Waals surface area contributed by atoms with E-state index in [0.717, 1.165) is 12.1 Å². The Kier molecular flexibility index (Phi) is 3.87. The minimum absolute atomic E-state index is 0.0790. The van der Waals surface area contributed by atoms with E-state index in [1.54, 1.807) is 6.07 Å². The first kappa shape index (κ1) is 14.3. The molecule has 0 saturated carbocycles. The van der Waals surface area contributed by atoms with Crippen LogP contribution in [0.4, 0.5) is 13.2 Å². The van der Waals surface area contributed by atoms with Crippen LogP contribution in [-0.4, -0.2) is 24.4 Å². The fourth-order valence-corrected chi connectivity index (χ4v) is 2.58. The van der Waals surface area contributed by atoms with Crippen LogP contribution < -0.4 is 0 Å². The van der Waals surface area contributed by atoms with E-state index in [4.69, 9.17) is 4.74 Å². The van der Waals surface area contributed by atoms with E-state index < -0.39 is 17.2 Å². The maximum atomic E-state index is 12.7. The molecule has 1 N–H and O–H groups in total. The second kappa shape index (κ2) is 5.13. The molecule has 19 heavy (non-hydrogen) atoms. The summed E-state index contributed by atoms with van der Waals surface area (Å²) < 4.78 is 43.4. The lowest BCUT2D eigenvalue weighted by Crippen LogP contribution is -2.35. The quantitative estimate of drug-likeness (QED) is 0.918. The Morgan fingerprint density at radius 1 is 1.42 bits per heavy atom. The molecule has 1 fully saturated rings. The summed E-state index contributed by atoms with van der Waals surface area (Å²) >= 11 is 0. The molecule has 2 rings (SSSR count). The van der Waals surface area contributed by atoms with Crippen LogP contribution in [0.5, 0.6) is 0 Å². The first-order valence-corrected chi connectivity index (χ1v) is 6.26. The minimum atomic E-state index is -4.33. The zero-order valence-electron chi connectivity index (χ0n) is 10.7. The molecular weight excluding hydrogens is 257 g/mol. The summed E-state index contributed by atoms with van der Waals surface area (Å²) in [5.74, 6) is 0. The summed E-state index contributed by atoms with van der Waals surface area (Å²) in [5, 5.41) is 9.58. The van der Waals surface area contributed by atoms with Crippen LogP contribution >= 0.6 is 0 Å². The molecule has 0 aromatic heterocycles. The predicted octanol–water partition coefficient (Wildman–Crippen LogP) is 3.04. The van der Waals surface area contributed by atoms with Crippen molar-refractivity contribution < 1.29 is 23.0 Å². The van der Waals surface area contributed by atoms with Gasteiger partial charge in [-0.05, 0) is 31.4 Å². The summed E-state index contributed by atoms with van der Waals surface area (Å²) in [6.45, 7) is 2.32. The van der Waals surface area contributed by atoms with Gasteiger partial charge in [0.1, 0.15) is 0 Å². The van der Waals surface area contributed by atoms with E-state index in [9.17, 15) is 18.3 Å². The highest BCUT2D eigenvalue weighted by molar-refractivity contribution is 5.27. The normalized spacial score (nSPS) is 27.7. The first-order chi connectivity index (χ1) is 8.87. The molecule has 0 radical (unpaired) electrons. The summed E-state index contributed by atoms with van der Waals surface area (Å²) in [6, 6.07) is 5.29. The smallest absolute Gasteiger partial charge is 0.396 e. The summed E-state index contributed by atoms with van der Waals surface area (Å²) in [5.41, 5.74) is -0.532. The molecule has 5 heteroatoms. The number of hydrogen-bond donors (Lipinski definition) is 1. The Morgan fingerprint density at radius 3 is 2.68 bits per heavy atom. The van der Waals surface area contributed by atoms with Crippen molar-refractivity contribution in [2.24, 2.45) is 5.41 Å². The zero-order valence-corrected chi connectivity index (χ0v) is 10.7. The van der Waals surface area contributed by atoms with Crippen molar-refractivity contribution >= 4 is 0 Å². The second-order valence-corrected chi connectivity index (χ2v) is 5.16. The van der Waals surface area contributed by atoms with Gasteiger partial charge >= 0.3 is 6.18 Å². The van der Waals surface area contributed by atoms with Crippen molar-refractivity contribution in [3.8, 4) is 0 Å². The largest absolute Gasteiger partial charge is 0.416 e. The Bertz CT molecular complexity index is 445. The molecular formula is C14H17F3O2. The van der Waals surface area contributed by atoms with Crippen LogP contribution in [-0.2, 0) is 17.3 Å². The molecule has 1 aliphatic rings.